The summed E-state index contributed by atoms with van der Waals surface area (Å²) in [7, 11) is 0. The fourth-order valence-corrected chi connectivity index (χ4v) is 1.51. The van der Waals surface area contributed by atoms with Gasteiger partial charge in [-0.05, 0) is 40.2 Å². The van der Waals surface area contributed by atoms with E-state index in [1.807, 2.05) is 6.92 Å². The molecule has 0 aromatic carbocycles. The average Bonchev–Trinajstić information content (AvgIpc) is 2.56. The molecule has 1 heterocycles. The summed E-state index contributed by atoms with van der Waals surface area (Å²) in [5.74, 6) is 1.90. The summed E-state index contributed by atoms with van der Waals surface area (Å²) in [4.78, 5) is 0. The van der Waals surface area contributed by atoms with Gasteiger partial charge < -0.3 is 14.5 Å². The summed E-state index contributed by atoms with van der Waals surface area (Å²) in [6.07, 6.45) is 1.04. The maximum atomic E-state index is 5.66. The third-order valence-corrected chi connectivity index (χ3v) is 2.47. The van der Waals surface area contributed by atoms with Gasteiger partial charge in [-0.2, -0.15) is 0 Å². The van der Waals surface area contributed by atoms with Crippen LogP contribution in [-0.2, 0) is 17.9 Å². The van der Waals surface area contributed by atoms with Gasteiger partial charge in [0.25, 0.3) is 0 Å². The lowest BCUT2D eigenvalue weighted by atomic mass is 10.1. The van der Waals surface area contributed by atoms with Gasteiger partial charge in [0, 0.05) is 24.3 Å². The zero-order valence-corrected chi connectivity index (χ0v) is 11.7. The van der Waals surface area contributed by atoms with Crippen molar-refractivity contribution < 1.29 is 9.15 Å². The van der Waals surface area contributed by atoms with Gasteiger partial charge in [0.15, 0.2) is 0 Å². The summed E-state index contributed by atoms with van der Waals surface area (Å²) in [5.41, 5.74) is 1.35. The van der Waals surface area contributed by atoms with Crippen LogP contribution in [0.4, 0.5) is 0 Å². The third-order valence-electron chi connectivity index (χ3n) is 2.47. The molecule has 0 aliphatic heterocycles. The summed E-state index contributed by atoms with van der Waals surface area (Å²) in [6.45, 7) is 12.8. The maximum Gasteiger partial charge on any atom is 0.130 e. The molecule has 0 aliphatic carbocycles. The van der Waals surface area contributed by atoms with Crippen molar-refractivity contribution in [2.24, 2.45) is 0 Å². The number of ether oxygens (including phenoxy) is 1. The summed E-state index contributed by atoms with van der Waals surface area (Å²) in [6, 6.07) is 2.09. The summed E-state index contributed by atoms with van der Waals surface area (Å²) >= 11 is 0. The van der Waals surface area contributed by atoms with E-state index in [-0.39, 0.29) is 5.54 Å². The van der Waals surface area contributed by atoms with E-state index in [2.05, 4.69) is 39.1 Å². The van der Waals surface area contributed by atoms with Crippen LogP contribution in [0.5, 0.6) is 0 Å². The first-order chi connectivity index (χ1) is 7.92. The molecule has 98 valence electrons. The molecule has 0 aliphatic rings. The quantitative estimate of drug-likeness (QED) is 0.773. The fraction of sp³-hybridized carbons (Fsp3) is 0.714. The Morgan fingerprint density at radius 2 is 2.06 bits per heavy atom. The van der Waals surface area contributed by atoms with Gasteiger partial charge in [0.2, 0.25) is 0 Å². The molecule has 17 heavy (non-hydrogen) atoms. The Balaban J connectivity index is 2.50. The third kappa shape index (κ3) is 5.37. The van der Waals surface area contributed by atoms with E-state index >= 15 is 0 Å². The van der Waals surface area contributed by atoms with Gasteiger partial charge in [-0.15, -0.1) is 0 Å². The number of hydrogen-bond donors (Lipinski definition) is 1. The van der Waals surface area contributed by atoms with Crippen LogP contribution >= 0.6 is 0 Å². The number of hydrogen-bond acceptors (Lipinski definition) is 3. The smallest absolute Gasteiger partial charge is 0.130 e. The molecule has 1 aromatic heterocycles. The molecule has 1 rings (SSSR count). The fourth-order valence-electron chi connectivity index (χ4n) is 1.51. The van der Waals surface area contributed by atoms with Gasteiger partial charge in [-0.25, -0.2) is 0 Å². The second-order valence-corrected chi connectivity index (χ2v) is 5.45. The Hall–Kier alpha value is -0.800. The number of aryl methyl sites for hydroxylation is 1. The molecule has 3 heteroatoms. The van der Waals surface area contributed by atoms with Gasteiger partial charge in [0.05, 0.1) is 0 Å². The van der Waals surface area contributed by atoms with Crippen molar-refractivity contribution in [2.75, 3.05) is 6.61 Å². The lowest BCUT2D eigenvalue weighted by Crippen LogP contribution is -2.35. The van der Waals surface area contributed by atoms with E-state index in [4.69, 9.17) is 9.15 Å². The topological polar surface area (TPSA) is 34.4 Å². The Kier molecular flexibility index (Phi) is 5.22. The molecule has 1 N–H and O–H groups in total. The van der Waals surface area contributed by atoms with Gasteiger partial charge in [-0.3, -0.25) is 0 Å². The Morgan fingerprint density at radius 1 is 1.35 bits per heavy atom. The molecule has 0 bridgehead atoms. The highest BCUT2D eigenvalue weighted by atomic mass is 16.5. The van der Waals surface area contributed by atoms with Crippen molar-refractivity contribution in [3.05, 3.63) is 23.2 Å². The molecule has 0 amide bonds. The minimum atomic E-state index is 0.128. The molecule has 0 unspecified atom stereocenters. The first-order valence-corrected chi connectivity index (χ1v) is 6.33. The lowest BCUT2D eigenvalue weighted by molar-refractivity contribution is 0.106. The van der Waals surface area contributed by atoms with E-state index in [1.165, 1.54) is 5.56 Å². The molecular weight excluding hydrogens is 214 g/mol. The molecule has 0 saturated carbocycles. The van der Waals surface area contributed by atoms with E-state index in [0.717, 1.165) is 31.1 Å². The Bertz CT molecular complexity index is 336. The van der Waals surface area contributed by atoms with E-state index in [0.29, 0.717) is 6.61 Å². The Morgan fingerprint density at radius 3 is 2.65 bits per heavy atom. The zero-order chi connectivity index (χ0) is 12.9. The number of rotatable bonds is 6. The van der Waals surface area contributed by atoms with Crippen molar-refractivity contribution in [3.8, 4) is 0 Å². The normalized spacial score (nSPS) is 12.1. The van der Waals surface area contributed by atoms with E-state index in [1.54, 1.807) is 0 Å². The second-order valence-electron chi connectivity index (χ2n) is 5.45. The largest absolute Gasteiger partial charge is 0.464 e. The molecule has 3 nitrogen and oxygen atoms in total. The standard InChI is InChI=1S/C14H25NO2/c1-6-7-16-10-13-8-12(11(2)17-13)9-15-14(3,4)5/h8,15H,6-7,9-10H2,1-5H3. The average molecular weight is 239 g/mol. The molecular formula is C14H25NO2. The minimum Gasteiger partial charge on any atom is -0.464 e. The highest BCUT2D eigenvalue weighted by Gasteiger charge is 2.12. The van der Waals surface area contributed by atoms with Gasteiger partial charge in [-0.1, -0.05) is 6.92 Å². The second kappa shape index (κ2) is 6.22. The SMILES string of the molecule is CCCOCc1cc(CNC(C)(C)C)c(C)o1. The first-order valence-electron chi connectivity index (χ1n) is 6.33. The highest BCUT2D eigenvalue weighted by Crippen LogP contribution is 2.16. The monoisotopic (exact) mass is 239 g/mol. The van der Waals surface area contributed by atoms with Crippen molar-refractivity contribution in [1.29, 1.82) is 0 Å². The number of furan rings is 1. The highest BCUT2D eigenvalue weighted by molar-refractivity contribution is 5.20. The number of nitrogens with one attached hydrogen (secondary N) is 1. The van der Waals surface area contributed by atoms with Crippen molar-refractivity contribution in [3.63, 3.8) is 0 Å². The zero-order valence-electron chi connectivity index (χ0n) is 11.7. The molecule has 0 atom stereocenters. The Labute approximate surface area is 105 Å². The van der Waals surface area contributed by atoms with Crippen LogP contribution < -0.4 is 5.32 Å². The van der Waals surface area contributed by atoms with Crippen LogP contribution in [0.3, 0.4) is 0 Å². The van der Waals surface area contributed by atoms with Gasteiger partial charge in [0.1, 0.15) is 18.1 Å². The molecule has 0 saturated heterocycles. The van der Waals surface area contributed by atoms with Crippen LogP contribution in [0.15, 0.2) is 10.5 Å². The van der Waals surface area contributed by atoms with Crippen LogP contribution in [0.1, 0.15) is 51.2 Å². The molecule has 0 radical (unpaired) electrons. The van der Waals surface area contributed by atoms with Crippen LogP contribution in [0, 0.1) is 6.92 Å². The molecule has 0 spiro atoms. The van der Waals surface area contributed by atoms with Crippen molar-refractivity contribution >= 4 is 0 Å². The molecule has 1 aromatic rings. The van der Waals surface area contributed by atoms with Crippen LogP contribution in [-0.4, -0.2) is 12.1 Å². The molecule has 0 fully saturated rings. The predicted octanol–water partition coefficient (Wildman–Crippen LogP) is 3.40. The summed E-state index contributed by atoms with van der Waals surface area (Å²) in [5, 5.41) is 3.46. The summed E-state index contributed by atoms with van der Waals surface area (Å²) < 4.78 is 11.1. The minimum absolute atomic E-state index is 0.128. The predicted molar refractivity (Wildman–Crippen MR) is 70.0 cm³/mol. The first kappa shape index (κ1) is 14.3. The maximum absolute atomic E-state index is 5.66. The van der Waals surface area contributed by atoms with Crippen LogP contribution in [0.25, 0.3) is 0 Å². The van der Waals surface area contributed by atoms with Gasteiger partial charge >= 0.3 is 0 Å². The lowest BCUT2D eigenvalue weighted by Gasteiger charge is -2.20. The van der Waals surface area contributed by atoms with Crippen molar-refractivity contribution in [2.45, 2.75) is 59.7 Å². The van der Waals surface area contributed by atoms with E-state index < -0.39 is 0 Å². The van der Waals surface area contributed by atoms with Crippen molar-refractivity contribution in [1.82, 2.24) is 5.32 Å². The van der Waals surface area contributed by atoms with E-state index in [9.17, 15) is 0 Å². The van der Waals surface area contributed by atoms with Crippen LogP contribution in [0.2, 0.25) is 0 Å².